The molecule has 0 nitrogen and oxygen atoms in total. The van der Waals surface area contributed by atoms with E-state index in [-0.39, 0.29) is 0 Å². The molecule has 2 aliphatic carbocycles. The van der Waals surface area contributed by atoms with Gasteiger partial charge in [0.05, 0.1) is 0 Å². The third-order valence-corrected chi connectivity index (χ3v) is 9.40. The lowest BCUT2D eigenvalue weighted by molar-refractivity contribution is -0.134. The molecule has 0 heterocycles. The van der Waals surface area contributed by atoms with Gasteiger partial charge >= 0.3 is 0 Å². The van der Waals surface area contributed by atoms with Crippen LogP contribution < -0.4 is 0 Å². The molecule has 0 saturated heterocycles. The summed E-state index contributed by atoms with van der Waals surface area (Å²) in [5.74, 6) is 0.875. The topological polar surface area (TPSA) is 0 Å². The van der Waals surface area contributed by atoms with Crippen LogP contribution in [0.1, 0.15) is 144 Å². The Morgan fingerprint density at radius 3 is 1.58 bits per heavy atom. The Morgan fingerprint density at radius 1 is 0.692 bits per heavy atom. The summed E-state index contributed by atoms with van der Waals surface area (Å²) in [5.41, 5.74) is 1.65. The first-order valence-corrected chi connectivity index (χ1v) is 12.4. The summed E-state index contributed by atoms with van der Waals surface area (Å²) in [6.07, 6.45) is 24.9. The molecular weight excluding hydrogens is 312 g/mol. The van der Waals surface area contributed by atoms with Crippen LogP contribution in [-0.4, -0.2) is 0 Å². The van der Waals surface area contributed by atoms with Crippen LogP contribution in [0.15, 0.2) is 0 Å². The van der Waals surface area contributed by atoms with Crippen LogP contribution >= 0.6 is 0 Å². The Labute approximate surface area is 166 Å². The standard InChI is InChI=1S/C26H50/c1-6-7-8-9-10-13-18-23(2)26(5,24(3)19-14-11-15-20-24)25(4)21-16-12-17-22-25/h23H,6-22H2,1-5H3. The molecule has 26 heavy (non-hydrogen) atoms. The molecule has 2 fully saturated rings. The SMILES string of the molecule is CCCCCCCCC(C)C(C)(C1(C)CCCCC1)C1(C)CCCCC1. The molecule has 1 atom stereocenters. The molecule has 2 rings (SSSR count). The lowest BCUT2D eigenvalue weighted by Gasteiger charge is -2.62. The second kappa shape index (κ2) is 9.97. The highest BCUT2D eigenvalue weighted by atomic mass is 14.6. The zero-order chi connectivity index (χ0) is 19.1. The number of rotatable bonds is 10. The monoisotopic (exact) mass is 362 g/mol. The summed E-state index contributed by atoms with van der Waals surface area (Å²) in [5, 5.41) is 0. The van der Waals surface area contributed by atoms with Crippen molar-refractivity contribution in [2.75, 3.05) is 0 Å². The minimum absolute atomic E-state index is 0.518. The Hall–Kier alpha value is 0. The Morgan fingerprint density at radius 2 is 1.12 bits per heavy atom. The highest BCUT2D eigenvalue weighted by molar-refractivity contribution is 5.06. The van der Waals surface area contributed by atoms with E-state index < -0.39 is 0 Å². The normalized spacial score (nSPS) is 24.3. The van der Waals surface area contributed by atoms with Crippen LogP contribution in [0.4, 0.5) is 0 Å². The van der Waals surface area contributed by atoms with E-state index in [1.165, 1.54) is 109 Å². The minimum Gasteiger partial charge on any atom is -0.0654 e. The molecule has 0 amide bonds. The van der Waals surface area contributed by atoms with Gasteiger partial charge in [-0.1, -0.05) is 118 Å². The molecule has 0 aromatic rings. The molecule has 1 unspecified atom stereocenters. The van der Waals surface area contributed by atoms with Crippen molar-refractivity contribution in [1.82, 2.24) is 0 Å². The Kier molecular flexibility index (Phi) is 8.55. The smallest absolute Gasteiger partial charge is 0.0192 e. The fraction of sp³-hybridized carbons (Fsp3) is 1.00. The van der Waals surface area contributed by atoms with E-state index in [1.54, 1.807) is 0 Å². The maximum atomic E-state index is 2.76. The Bertz CT molecular complexity index is 357. The number of hydrogen-bond acceptors (Lipinski definition) is 0. The molecule has 0 aliphatic heterocycles. The second-order valence-electron chi connectivity index (χ2n) is 10.9. The summed E-state index contributed by atoms with van der Waals surface area (Å²) < 4.78 is 0. The number of hydrogen-bond donors (Lipinski definition) is 0. The van der Waals surface area contributed by atoms with E-state index in [0.29, 0.717) is 16.2 Å². The maximum absolute atomic E-state index is 2.76. The summed E-state index contributed by atoms with van der Waals surface area (Å²) in [6, 6.07) is 0. The van der Waals surface area contributed by atoms with Gasteiger partial charge in [-0.2, -0.15) is 0 Å². The number of unbranched alkanes of at least 4 members (excludes halogenated alkanes) is 5. The third-order valence-electron chi connectivity index (χ3n) is 9.40. The van der Waals surface area contributed by atoms with Crippen molar-refractivity contribution in [3.63, 3.8) is 0 Å². The van der Waals surface area contributed by atoms with E-state index >= 15 is 0 Å². The van der Waals surface area contributed by atoms with Gasteiger partial charge in [-0.15, -0.1) is 0 Å². The Balaban J connectivity index is 2.09. The highest BCUT2D eigenvalue weighted by Gasteiger charge is 2.57. The maximum Gasteiger partial charge on any atom is -0.0192 e. The molecule has 0 aromatic heterocycles. The van der Waals surface area contributed by atoms with Gasteiger partial charge < -0.3 is 0 Å². The first-order valence-electron chi connectivity index (χ1n) is 12.4. The van der Waals surface area contributed by atoms with Crippen molar-refractivity contribution in [3.8, 4) is 0 Å². The van der Waals surface area contributed by atoms with Crippen molar-refractivity contribution < 1.29 is 0 Å². The fourth-order valence-corrected chi connectivity index (χ4v) is 7.14. The molecule has 2 saturated carbocycles. The van der Waals surface area contributed by atoms with E-state index in [4.69, 9.17) is 0 Å². The molecule has 0 N–H and O–H groups in total. The molecule has 0 radical (unpaired) electrons. The van der Waals surface area contributed by atoms with Gasteiger partial charge in [0, 0.05) is 0 Å². The van der Waals surface area contributed by atoms with Crippen LogP contribution in [-0.2, 0) is 0 Å². The van der Waals surface area contributed by atoms with Crippen molar-refractivity contribution in [3.05, 3.63) is 0 Å². The van der Waals surface area contributed by atoms with Crippen LogP contribution in [0.5, 0.6) is 0 Å². The summed E-state index contributed by atoms with van der Waals surface area (Å²) in [6.45, 7) is 13.1. The van der Waals surface area contributed by atoms with E-state index in [1.807, 2.05) is 0 Å². The zero-order valence-corrected chi connectivity index (χ0v) is 19.1. The molecule has 0 spiro atoms. The summed E-state index contributed by atoms with van der Waals surface area (Å²) in [4.78, 5) is 0. The minimum atomic E-state index is 0.518. The highest BCUT2D eigenvalue weighted by Crippen LogP contribution is 2.66. The van der Waals surface area contributed by atoms with E-state index in [9.17, 15) is 0 Å². The molecule has 0 bridgehead atoms. The predicted octanol–water partition coefficient (Wildman–Crippen LogP) is 9.32. The van der Waals surface area contributed by atoms with Gasteiger partial charge in [0.15, 0.2) is 0 Å². The quantitative estimate of drug-likeness (QED) is 0.339. The van der Waals surface area contributed by atoms with E-state index in [0.717, 1.165) is 5.92 Å². The predicted molar refractivity (Wildman–Crippen MR) is 118 cm³/mol. The zero-order valence-electron chi connectivity index (χ0n) is 19.1. The molecule has 154 valence electrons. The van der Waals surface area contributed by atoms with E-state index in [2.05, 4.69) is 34.6 Å². The first-order chi connectivity index (χ1) is 12.4. The fourth-order valence-electron chi connectivity index (χ4n) is 7.14. The molecular formula is C26H50. The average molecular weight is 363 g/mol. The van der Waals surface area contributed by atoms with Crippen LogP contribution in [0.3, 0.4) is 0 Å². The van der Waals surface area contributed by atoms with Crippen molar-refractivity contribution in [2.24, 2.45) is 22.2 Å². The van der Waals surface area contributed by atoms with Crippen LogP contribution in [0, 0.1) is 22.2 Å². The van der Waals surface area contributed by atoms with Gasteiger partial charge in [0.1, 0.15) is 0 Å². The van der Waals surface area contributed by atoms with Gasteiger partial charge in [-0.05, 0) is 47.8 Å². The molecule has 2 aliphatic rings. The first kappa shape index (κ1) is 22.3. The largest absolute Gasteiger partial charge is 0.0654 e. The second-order valence-corrected chi connectivity index (χ2v) is 10.9. The third kappa shape index (κ3) is 4.70. The van der Waals surface area contributed by atoms with Gasteiger partial charge in [0.25, 0.3) is 0 Å². The van der Waals surface area contributed by atoms with Gasteiger partial charge in [0.2, 0.25) is 0 Å². The molecule has 0 heteroatoms. The summed E-state index contributed by atoms with van der Waals surface area (Å²) >= 11 is 0. The van der Waals surface area contributed by atoms with Gasteiger partial charge in [-0.3, -0.25) is 0 Å². The lowest BCUT2D eigenvalue weighted by atomic mass is 9.42. The van der Waals surface area contributed by atoms with Crippen molar-refractivity contribution in [2.45, 2.75) is 144 Å². The van der Waals surface area contributed by atoms with Crippen LogP contribution in [0.25, 0.3) is 0 Å². The lowest BCUT2D eigenvalue weighted by Crippen LogP contribution is -2.54. The molecule has 0 aromatic carbocycles. The average Bonchev–Trinajstić information content (AvgIpc) is 2.64. The van der Waals surface area contributed by atoms with Gasteiger partial charge in [-0.25, -0.2) is 0 Å². The van der Waals surface area contributed by atoms with Crippen molar-refractivity contribution >= 4 is 0 Å². The summed E-state index contributed by atoms with van der Waals surface area (Å²) in [7, 11) is 0. The van der Waals surface area contributed by atoms with Crippen molar-refractivity contribution in [1.29, 1.82) is 0 Å². The van der Waals surface area contributed by atoms with Crippen LogP contribution in [0.2, 0.25) is 0 Å².